The monoisotopic (exact) mass is 420 g/mol. The first-order valence-electron chi connectivity index (χ1n) is 11.6. The highest BCUT2D eigenvalue weighted by atomic mass is 16.5. The summed E-state index contributed by atoms with van der Waals surface area (Å²) in [6.07, 6.45) is 5.20. The van der Waals surface area contributed by atoms with E-state index in [-0.39, 0.29) is 12.2 Å². The summed E-state index contributed by atoms with van der Waals surface area (Å²) in [5.41, 5.74) is 4.58. The van der Waals surface area contributed by atoms with Crippen molar-refractivity contribution < 1.29 is 9.84 Å². The topological polar surface area (TPSA) is 35.9 Å². The molecule has 1 N–H and O–H groups in total. The predicted octanol–water partition coefficient (Wildman–Crippen LogP) is 4.71. The minimum atomic E-state index is -0.00690. The Balaban J connectivity index is 1.45. The van der Waals surface area contributed by atoms with Crippen LogP contribution < -0.4 is 0 Å². The van der Waals surface area contributed by atoms with Crippen LogP contribution in [0.15, 0.2) is 55.1 Å². The molecule has 2 aliphatic heterocycles. The third kappa shape index (κ3) is 5.20. The van der Waals surface area contributed by atoms with Gasteiger partial charge in [-0.05, 0) is 62.5 Å². The van der Waals surface area contributed by atoms with E-state index in [4.69, 9.17) is 4.74 Å². The molecule has 2 atom stereocenters. The van der Waals surface area contributed by atoms with Gasteiger partial charge in [0.15, 0.2) is 0 Å². The summed E-state index contributed by atoms with van der Waals surface area (Å²) in [5.74, 6) is 0.996. The van der Waals surface area contributed by atoms with Gasteiger partial charge in [-0.25, -0.2) is 0 Å². The number of ether oxygens (including phenoxy) is 1. The molecule has 2 heterocycles. The smallest absolute Gasteiger partial charge is 0.122 e. The van der Waals surface area contributed by atoms with E-state index in [0.29, 0.717) is 11.7 Å². The number of nitrogens with zero attached hydrogens (tertiary/aromatic N) is 2. The Morgan fingerprint density at radius 2 is 1.90 bits per heavy atom. The molecule has 4 nitrogen and oxygen atoms in total. The fourth-order valence-corrected chi connectivity index (χ4v) is 5.14. The average molecular weight is 421 g/mol. The summed E-state index contributed by atoms with van der Waals surface area (Å²) in [6, 6.07) is 14.9. The first kappa shape index (κ1) is 22.1. The maximum atomic E-state index is 10.8. The first-order valence-corrected chi connectivity index (χ1v) is 11.6. The normalized spacial score (nSPS) is 22.4. The second-order valence-corrected chi connectivity index (χ2v) is 9.28. The zero-order chi connectivity index (χ0) is 21.8. The molecule has 1 fully saturated rings. The number of phenolic OH excluding ortho intramolecular Hbond substituents is 1. The molecule has 0 radical (unpaired) electrons. The highest BCUT2D eigenvalue weighted by Crippen LogP contribution is 2.41. The second kappa shape index (κ2) is 9.99. The molecule has 4 rings (SSSR count). The first-order chi connectivity index (χ1) is 15.0. The molecule has 1 saturated heterocycles. The van der Waals surface area contributed by atoms with Crippen molar-refractivity contribution in [3.05, 3.63) is 77.4 Å². The molecular formula is C27H36N2O2. The van der Waals surface area contributed by atoms with Gasteiger partial charge in [0.2, 0.25) is 0 Å². The summed E-state index contributed by atoms with van der Waals surface area (Å²) in [6.45, 7) is 10.7. The minimum absolute atomic E-state index is 0.00690. The van der Waals surface area contributed by atoms with Crippen LogP contribution in [0.2, 0.25) is 0 Å². The molecule has 0 aliphatic carbocycles. The number of aromatic hydroxyl groups is 1. The number of aryl methyl sites for hydroxylation is 1. The number of rotatable bonds is 7. The van der Waals surface area contributed by atoms with E-state index in [1.807, 2.05) is 19.1 Å². The maximum Gasteiger partial charge on any atom is 0.122 e. The van der Waals surface area contributed by atoms with Crippen LogP contribution in [0, 0.1) is 12.8 Å². The van der Waals surface area contributed by atoms with Crippen LogP contribution in [0.25, 0.3) is 0 Å². The Labute approximate surface area is 187 Å². The molecule has 0 spiro atoms. The van der Waals surface area contributed by atoms with Crippen molar-refractivity contribution in [2.75, 3.05) is 33.2 Å². The molecule has 0 aromatic heterocycles. The van der Waals surface area contributed by atoms with E-state index in [0.717, 1.165) is 68.7 Å². The van der Waals surface area contributed by atoms with Gasteiger partial charge in [-0.15, -0.1) is 6.58 Å². The lowest BCUT2D eigenvalue weighted by molar-refractivity contribution is -0.0769. The molecule has 0 bridgehead atoms. The van der Waals surface area contributed by atoms with E-state index in [1.165, 1.54) is 5.56 Å². The Kier molecular flexibility index (Phi) is 7.11. The van der Waals surface area contributed by atoms with Crippen molar-refractivity contribution in [2.45, 2.75) is 44.9 Å². The molecule has 0 amide bonds. The number of likely N-dealkylation sites (tertiary alicyclic amines) is 1. The summed E-state index contributed by atoms with van der Waals surface area (Å²) < 4.78 is 6.71. The summed E-state index contributed by atoms with van der Waals surface area (Å²) in [7, 11) is 2.10. The van der Waals surface area contributed by atoms with Crippen molar-refractivity contribution in [3.63, 3.8) is 0 Å². The van der Waals surface area contributed by atoms with Gasteiger partial charge >= 0.3 is 0 Å². The molecular weight excluding hydrogens is 384 g/mol. The number of piperidine rings is 1. The van der Waals surface area contributed by atoms with Crippen LogP contribution in [0.5, 0.6) is 5.75 Å². The number of likely N-dealkylation sites (N-methyl/N-ethyl adjacent to an activating group) is 1. The van der Waals surface area contributed by atoms with Gasteiger partial charge in [-0.2, -0.15) is 0 Å². The lowest BCUT2D eigenvalue weighted by Crippen LogP contribution is -2.42. The third-order valence-corrected chi connectivity index (χ3v) is 6.94. The van der Waals surface area contributed by atoms with Gasteiger partial charge in [-0.3, -0.25) is 9.80 Å². The van der Waals surface area contributed by atoms with Crippen molar-refractivity contribution in [1.29, 1.82) is 0 Å². The number of fused-ring (bicyclic) bond motifs is 1. The zero-order valence-electron chi connectivity index (χ0n) is 19.0. The van der Waals surface area contributed by atoms with E-state index < -0.39 is 0 Å². The number of hydrogen-bond acceptors (Lipinski definition) is 4. The molecule has 4 heteroatoms. The van der Waals surface area contributed by atoms with E-state index in [9.17, 15) is 5.11 Å². The van der Waals surface area contributed by atoms with E-state index in [1.54, 1.807) is 0 Å². The van der Waals surface area contributed by atoms with Crippen LogP contribution >= 0.6 is 0 Å². The Hall–Kier alpha value is -2.14. The van der Waals surface area contributed by atoms with Crippen LogP contribution in [-0.4, -0.2) is 54.2 Å². The Bertz CT molecular complexity index is 874. The van der Waals surface area contributed by atoms with Crippen LogP contribution in [0.3, 0.4) is 0 Å². The summed E-state index contributed by atoms with van der Waals surface area (Å²) in [4.78, 5) is 4.79. The molecule has 0 unspecified atom stereocenters. The lowest BCUT2D eigenvalue weighted by atomic mass is 9.83. The Morgan fingerprint density at radius 3 is 2.61 bits per heavy atom. The lowest BCUT2D eigenvalue weighted by Gasteiger charge is -2.41. The van der Waals surface area contributed by atoms with Gasteiger partial charge in [0, 0.05) is 31.6 Å². The fraction of sp³-hybridized carbons (Fsp3) is 0.481. The van der Waals surface area contributed by atoms with Crippen molar-refractivity contribution in [3.8, 4) is 5.75 Å². The minimum Gasteiger partial charge on any atom is -0.507 e. The van der Waals surface area contributed by atoms with Gasteiger partial charge in [0.1, 0.15) is 5.75 Å². The van der Waals surface area contributed by atoms with Crippen LogP contribution in [-0.2, 0) is 17.7 Å². The molecule has 2 aromatic rings. The number of phenols is 1. The fourth-order valence-electron chi connectivity index (χ4n) is 5.14. The predicted molar refractivity (Wildman–Crippen MR) is 126 cm³/mol. The van der Waals surface area contributed by atoms with E-state index >= 15 is 0 Å². The summed E-state index contributed by atoms with van der Waals surface area (Å²) in [5, 5.41) is 10.8. The van der Waals surface area contributed by atoms with Crippen LogP contribution in [0.4, 0.5) is 0 Å². The highest BCUT2D eigenvalue weighted by Gasteiger charge is 2.36. The van der Waals surface area contributed by atoms with Crippen molar-refractivity contribution >= 4 is 0 Å². The van der Waals surface area contributed by atoms with Gasteiger partial charge < -0.3 is 9.84 Å². The maximum absolute atomic E-state index is 10.8. The van der Waals surface area contributed by atoms with Gasteiger partial charge in [0.25, 0.3) is 0 Å². The third-order valence-electron chi connectivity index (χ3n) is 6.94. The van der Waals surface area contributed by atoms with Crippen molar-refractivity contribution in [1.82, 2.24) is 9.80 Å². The molecule has 2 aliphatic rings. The van der Waals surface area contributed by atoms with Gasteiger partial charge in [0.05, 0.1) is 12.2 Å². The molecule has 31 heavy (non-hydrogen) atoms. The zero-order valence-corrected chi connectivity index (χ0v) is 19.0. The highest BCUT2D eigenvalue weighted by molar-refractivity contribution is 5.47. The Morgan fingerprint density at radius 1 is 1.16 bits per heavy atom. The molecule has 2 aromatic carbocycles. The quantitative estimate of drug-likeness (QED) is 0.658. The van der Waals surface area contributed by atoms with E-state index in [2.05, 4.69) is 59.8 Å². The average Bonchev–Trinajstić information content (AvgIpc) is 2.78. The molecule has 166 valence electrons. The van der Waals surface area contributed by atoms with Crippen LogP contribution in [0.1, 0.15) is 41.2 Å². The second-order valence-electron chi connectivity index (χ2n) is 9.28. The number of hydrogen-bond donors (Lipinski definition) is 1. The standard InChI is InChI=1S/C27H36N2O2/c1-4-14-28(3)19-26-23-11-10-20(2)27(30)24(23)17-25(31-26)22-12-15-29(16-13-22)18-21-8-6-5-7-9-21/h4-11,22,25-26,30H,1,12-19H2,2-3H3/t25-,26-/m0/s1. The molecule has 0 saturated carbocycles. The number of benzene rings is 2. The largest absolute Gasteiger partial charge is 0.507 e. The SMILES string of the molecule is C=CCN(C)C[C@@H]1O[C@H](C2CCN(Cc3ccccc3)CC2)Cc2c1ccc(C)c2O. The van der Waals surface area contributed by atoms with Gasteiger partial charge in [-0.1, -0.05) is 48.5 Å². The summed E-state index contributed by atoms with van der Waals surface area (Å²) >= 11 is 0. The van der Waals surface area contributed by atoms with Crippen molar-refractivity contribution in [2.24, 2.45) is 5.92 Å².